The molecule has 0 aromatic heterocycles. The number of hydrogen-bond acceptors (Lipinski definition) is 1. The summed E-state index contributed by atoms with van der Waals surface area (Å²) in [6.45, 7) is 2.21. The minimum atomic E-state index is 0.219. The van der Waals surface area contributed by atoms with Gasteiger partial charge in [0.1, 0.15) is 0 Å². The van der Waals surface area contributed by atoms with Crippen LogP contribution in [0, 0.1) is 0 Å². The maximum absolute atomic E-state index is 4.77. The minimum Gasteiger partial charge on any atom is -0.793 e. The summed E-state index contributed by atoms with van der Waals surface area (Å²) in [5.41, 5.74) is 0. The van der Waals surface area contributed by atoms with Gasteiger partial charge in [0, 0.05) is 0 Å². The van der Waals surface area contributed by atoms with Gasteiger partial charge in [0.2, 0.25) is 0 Å². The largest absolute Gasteiger partial charge is 0.793 e. The van der Waals surface area contributed by atoms with Gasteiger partial charge in [0.25, 0.3) is 0 Å². The molecule has 0 nitrogen and oxygen atoms in total. The fraction of sp³-hybridized carbons (Fsp3) is 1.00. The first-order chi connectivity index (χ1) is 9.86. The van der Waals surface area contributed by atoms with E-state index in [9.17, 15) is 0 Å². The molecule has 0 N–H and O–H groups in total. The Kier molecular flexibility index (Phi) is 13.3. The van der Waals surface area contributed by atoms with Crippen LogP contribution in [0.5, 0.6) is 0 Å². The molecule has 2 saturated carbocycles. The van der Waals surface area contributed by atoms with Gasteiger partial charge in [-0.15, -0.1) is 0 Å². The van der Waals surface area contributed by atoms with Crippen LogP contribution in [0.15, 0.2) is 0 Å². The average Bonchev–Trinajstić information content (AvgIpc) is 2.51. The number of unbranched alkanes of at least 4 members (excludes halogenated alkanes) is 3. The standard InChI is InChI=1S/C6H14S.2C6H11.Sb/c1-2-3-4-5-6-7;2*1-2-4-6-5-3-1;/h7H,2-6H2,1H3;2*1H,2-6H2;/q;;;+1/p-1. The Labute approximate surface area is 144 Å². The summed E-state index contributed by atoms with van der Waals surface area (Å²) in [5, 5.41) is 0. The minimum absolute atomic E-state index is 0.219. The molecule has 0 heterocycles. The van der Waals surface area contributed by atoms with Gasteiger partial charge in [-0.2, -0.15) is 5.75 Å². The van der Waals surface area contributed by atoms with Gasteiger partial charge in [-0.25, -0.2) is 0 Å². The van der Waals surface area contributed by atoms with Gasteiger partial charge >= 0.3 is 93.6 Å². The van der Waals surface area contributed by atoms with Gasteiger partial charge in [0.15, 0.2) is 0 Å². The van der Waals surface area contributed by atoms with Crippen LogP contribution in [0.4, 0.5) is 0 Å². The fourth-order valence-electron chi connectivity index (χ4n) is 3.29. The fourth-order valence-corrected chi connectivity index (χ4v) is 8.98. The summed E-state index contributed by atoms with van der Waals surface area (Å²) < 4.78 is 2.54. The molecule has 0 atom stereocenters. The zero-order valence-corrected chi connectivity index (χ0v) is 17.0. The smallest absolute Gasteiger partial charge is 0.0536 e. The first-order valence-electron chi connectivity index (χ1n) is 9.15. The van der Waals surface area contributed by atoms with Gasteiger partial charge in [-0.3, -0.25) is 0 Å². The molecule has 0 bridgehead atoms. The monoisotopic (exact) mass is 404 g/mol. The molecule has 0 unspecified atom stereocenters. The van der Waals surface area contributed by atoms with Crippen molar-refractivity contribution in [2.24, 2.45) is 0 Å². The van der Waals surface area contributed by atoms with Gasteiger partial charge < -0.3 is 12.6 Å². The second kappa shape index (κ2) is 13.8. The van der Waals surface area contributed by atoms with Crippen LogP contribution in [0.25, 0.3) is 0 Å². The maximum atomic E-state index is 4.77. The molecule has 2 aliphatic rings. The van der Waals surface area contributed by atoms with Crippen LogP contribution in [-0.4, -0.2) is 27.4 Å². The van der Waals surface area contributed by atoms with Crippen molar-refractivity contribution in [1.82, 2.24) is 0 Å². The van der Waals surface area contributed by atoms with E-state index in [2.05, 4.69) is 6.92 Å². The van der Waals surface area contributed by atoms with Crippen LogP contribution in [0.3, 0.4) is 0 Å². The van der Waals surface area contributed by atoms with E-state index in [4.69, 9.17) is 12.6 Å². The molecule has 2 fully saturated rings. The molecule has 2 rings (SSSR count). The molecule has 0 saturated heterocycles. The van der Waals surface area contributed by atoms with E-state index >= 15 is 0 Å². The first-order valence-corrected chi connectivity index (χ1v) is 12.7. The zero-order valence-electron chi connectivity index (χ0n) is 13.6. The van der Waals surface area contributed by atoms with Gasteiger partial charge in [0.05, 0.1) is 0 Å². The van der Waals surface area contributed by atoms with E-state index in [1.807, 2.05) is 0 Å². The Hall–Kier alpha value is 1.17. The molecule has 2 heteroatoms. The molecular formula is C18H35SSb. The summed E-state index contributed by atoms with van der Waals surface area (Å²) in [6, 6.07) is 0. The molecule has 2 radical (unpaired) electrons. The zero-order chi connectivity index (χ0) is 14.5. The predicted molar refractivity (Wildman–Crippen MR) is 95.8 cm³/mol. The summed E-state index contributed by atoms with van der Waals surface area (Å²) in [4.78, 5) is 0. The average molecular weight is 405 g/mol. The molecule has 0 spiro atoms. The van der Waals surface area contributed by atoms with Crippen LogP contribution in [0.1, 0.15) is 96.8 Å². The number of hydrogen-bond donors (Lipinski definition) is 0. The Morgan fingerprint density at radius 1 is 0.750 bits per heavy atom. The summed E-state index contributed by atoms with van der Waals surface area (Å²) >= 11 is 4.98. The molecule has 118 valence electrons. The van der Waals surface area contributed by atoms with Crippen LogP contribution in [0.2, 0.25) is 7.73 Å². The van der Waals surface area contributed by atoms with E-state index < -0.39 is 0 Å². The Morgan fingerprint density at radius 3 is 1.65 bits per heavy atom. The van der Waals surface area contributed by atoms with E-state index in [1.54, 1.807) is 51.4 Å². The van der Waals surface area contributed by atoms with E-state index in [0.717, 1.165) is 5.75 Å². The van der Waals surface area contributed by atoms with Crippen molar-refractivity contribution in [3.63, 3.8) is 0 Å². The van der Waals surface area contributed by atoms with Crippen molar-refractivity contribution in [2.45, 2.75) is 105 Å². The van der Waals surface area contributed by atoms with E-state index in [1.165, 1.54) is 46.3 Å². The molecular weight excluding hydrogens is 370 g/mol. The Bertz CT molecular complexity index is 176. The van der Waals surface area contributed by atoms with Crippen molar-refractivity contribution in [1.29, 1.82) is 0 Å². The molecule has 20 heavy (non-hydrogen) atoms. The second-order valence-corrected chi connectivity index (χ2v) is 11.9. The van der Waals surface area contributed by atoms with Gasteiger partial charge in [-0.1, -0.05) is 32.6 Å². The van der Waals surface area contributed by atoms with Crippen molar-refractivity contribution < 1.29 is 0 Å². The SMILES string of the molecule is C1CC[CH]([Sb+][CH]2CCCCC2)CC1.CCCCCC[S-]. The van der Waals surface area contributed by atoms with Crippen molar-refractivity contribution in [3.8, 4) is 0 Å². The van der Waals surface area contributed by atoms with E-state index in [0.29, 0.717) is 0 Å². The molecule has 0 aromatic rings. The molecule has 0 aliphatic heterocycles. The van der Waals surface area contributed by atoms with Crippen LogP contribution in [-0.2, 0) is 12.6 Å². The van der Waals surface area contributed by atoms with E-state index in [-0.39, 0.29) is 21.6 Å². The quantitative estimate of drug-likeness (QED) is 0.284. The molecule has 2 aliphatic carbocycles. The normalized spacial score (nSPS) is 21.3. The summed E-state index contributed by atoms with van der Waals surface area (Å²) in [7, 11) is 0. The first kappa shape index (κ1) is 19.2. The predicted octanol–water partition coefficient (Wildman–Crippen LogP) is 6.31. The van der Waals surface area contributed by atoms with Crippen LogP contribution >= 0.6 is 0 Å². The third-order valence-corrected chi connectivity index (χ3v) is 10.2. The van der Waals surface area contributed by atoms with Gasteiger partial charge in [-0.05, 0) is 0 Å². The Morgan fingerprint density at radius 2 is 1.25 bits per heavy atom. The summed E-state index contributed by atoms with van der Waals surface area (Å²) in [6.07, 6.45) is 21.0. The third kappa shape index (κ3) is 9.99. The Balaban J connectivity index is 0.000000246. The topological polar surface area (TPSA) is 0 Å². The van der Waals surface area contributed by atoms with Crippen molar-refractivity contribution >= 4 is 34.2 Å². The maximum Gasteiger partial charge on any atom is -0.0536 e. The third-order valence-electron chi connectivity index (χ3n) is 4.57. The van der Waals surface area contributed by atoms with Crippen LogP contribution < -0.4 is 0 Å². The summed E-state index contributed by atoms with van der Waals surface area (Å²) in [5.74, 6) is 0.944. The number of rotatable bonds is 6. The van der Waals surface area contributed by atoms with Crippen molar-refractivity contribution in [3.05, 3.63) is 0 Å². The van der Waals surface area contributed by atoms with Crippen molar-refractivity contribution in [2.75, 3.05) is 5.75 Å². The molecule has 0 amide bonds. The molecule has 0 aromatic carbocycles. The second-order valence-electron chi connectivity index (χ2n) is 6.50.